The Bertz CT molecular complexity index is 485. The Labute approximate surface area is 112 Å². The molecule has 1 aromatic carbocycles. The Balaban J connectivity index is 1.73. The number of nitrogens with one attached hydrogen (secondary N) is 2. The van der Waals surface area contributed by atoms with Gasteiger partial charge in [-0.2, -0.15) is 0 Å². The Hall–Kier alpha value is -1.94. The van der Waals surface area contributed by atoms with Gasteiger partial charge in [0.15, 0.2) is 5.11 Å². The molecular weight excluding hydrogens is 242 g/mol. The van der Waals surface area contributed by atoms with E-state index in [4.69, 9.17) is 12.2 Å². The summed E-state index contributed by atoms with van der Waals surface area (Å²) in [5, 5.41) is 6.88. The number of benzene rings is 1. The number of thiocarbonyl (C=S) groups is 1. The zero-order valence-corrected chi connectivity index (χ0v) is 10.8. The van der Waals surface area contributed by atoms with E-state index in [1.54, 1.807) is 12.4 Å². The van der Waals surface area contributed by atoms with E-state index >= 15 is 0 Å². The maximum Gasteiger partial charge on any atom is 0.170 e. The lowest BCUT2D eigenvalue weighted by molar-refractivity contribution is 0.873. The average Bonchev–Trinajstić information content (AvgIpc) is 2.41. The van der Waals surface area contributed by atoms with E-state index in [-0.39, 0.29) is 0 Å². The number of nitrogens with zero attached hydrogens (tertiary/aromatic N) is 1. The summed E-state index contributed by atoms with van der Waals surface area (Å²) in [5.74, 6) is 0. The van der Waals surface area contributed by atoms with Gasteiger partial charge in [0.2, 0.25) is 0 Å². The summed E-state index contributed by atoms with van der Waals surface area (Å²) in [7, 11) is 0. The third-order valence-corrected chi connectivity index (χ3v) is 2.71. The number of aromatic nitrogens is 1. The van der Waals surface area contributed by atoms with Crippen LogP contribution in [-0.4, -0.2) is 16.6 Å². The maximum atomic E-state index is 5.20. The number of anilines is 1. The van der Waals surface area contributed by atoms with Crippen LogP contribution >= 0.6 is 12.2 Å². The molecule has 92 valence electrons. The minimum Gasteiger partial charge on any atom is -0.362 e. The van der Waals surface area contributed by atoms with Crippen LogP contribution in [-0.2, 0) is 6.42 Å². The predicted octanol–water partition coefficient (Wildman–Crippen LogP) is 2.61. The van der Waals surface area contributed by atoms with E-state index in [9.17, 15) is 0 Å². The van der Waals surface area contributed by atoms with Gasteiger partial charge in [0.05, 0.1) is 11.9 Å². The lowest BCUT2D eigenvalue weighted by Crippen LogP contribution is -2.30. The molecule has 0 aliphatic rings. The first-order valence-electron chi connectivity index (χ1n) is 5.83. The maximum absolute atomic E-state index is 5.20. The summed E-state index contributed by atoms with van der Waals surface area (Å²) < 4.78 is 0. The van der Waals surface area contributed by atoms with Crippen molar-refractivity contribution in [1.29, 1.82) is 0 Å². The summed E-state index contributed by atoms with van der Waals surface area (Å²) in [6.45, 7) is 0.816. The molecule has 0 radical (unpaired) electrons. The monoisotopic (exact) mass is 257 g/mol. The smallest absolute Gasteiger partial charge is 0.170 e. The topological polar surface area (TPSA) is 37.0 Å². The molecule has 0 aliphatic carbocycles. The summed E-state index contributed by atoms with van der Waals surface area (Å²) in [4.78, 5) is 4.02. The molecule has 2 rings (SSSR count). The third kappa shape index (κ3) is 4.14. The number of rotatable bonds is 4. The summed E-state index contributed by atoms with van der Waals surface area (Å²) >= 11 is 5.20. The van der Waals surface area contributed by atoms with Gasteiger partial charge < -0.3 is 10.6 Å². The molecule has 0 saturated carbocycles. The van der Waals surface area contributed by atoms with Crippen molar-refractivity contribution in [1.82, 2.24) is 10.3 Å². The first kappa shape index (κ1) is 12.5. The van der Waals surface area contributed by atoms with E-state index in [1.807, 2.05) is 30.3 Å². The minimum atomic E-state index is 0.624. The van der Waals surface area contributed by atoms with Crippen LogP contribution in [0.15, 0.2) is 54.9 Å². The highest BCUT2D eigenvalue weighted by Crippen LogP contribution is 2.02. The third-order valence-electron chi connectivity index (χ3n) is 2.46. The quantitative estimate of drug-likeness (QED) is 0.826. The molecule has 2 N–H and O–H groups in total. The van der Waals surface area contributed by atoms with Crippen LogP contribution in [0.1, 0.15) is 5.56 Å². The van der Waals surface area contributed by atoms with Crippen LogP contribution in [0.3, 0.4) is 0 Å². The van der Waals surface area contributed by atoms with E-state index in [1.165, 1.54) is 5.56 Å². The fourth-order valence-electron chi connectivity index (χ4n) is 1.58. The molecule has 0 aliphatic heterocycles. The van der Waals surface area contributed by atoms with Gasteiger partial charge in [0, 0.05) is 12.7 Å². The van der Waals surface area contributed by atoms with E-state index in [0.717, 1.165) is 18.7 Å². The molecule has 0 fully saturated rings. The fourth-order valence-corrected chi connectivity index (χ4v) is 1.80. The first-order chi connectivity index (χ1) is 8.84. The highest BCUT2D eigenvalue weighted by atomic mass is 32.1. The molecule has 0 bridgehead atoms. The van der Waals surface area contributed by atoms with Crippen molar-refractivity contribution < 1.29 is 0 Å². The Morgan fingerprint density at radius 3 is 2.67 bits per heavy atom. The molecule has 0 unspecified atom stereocenters. The lowest BCUT2D eigenvalue weighted by atomic mass is 10.1. The van der Waals surface area contributed by atoms with Crippen LogP contribution in [0.4, 0.5) is 5.69 Å². The Morgan fingerprint density at radius 2 is 1.94 bits per heavy atom. The van der Waals surface area contributed by atoms with Crippen LogP contribution < -0.4 is 10.6 Å². The molecule has 0 atom stereocenters. The van der Waals surface area contributed by atoms with Crippen molar-refractivity contribution in [2.45, 2.75) is 6.42 Å². The van der Waals surface area contributed by atoms with Crippen molar-refractivity contribution in [3.8, 4) is 0 Å². The zero-order chi connectivity index (χ0) is 12.6. The minimum absolute atomic E-state index is 0.624. The van der Waals surface area contributed by atoms with Crippen LogP contribution in [0.25, 0.3) is 0 Å². The van der Waals surface area contributed by atoms with Gasteiger partial charge in [-0.25, -0.2) is 0 Å². The van der Waals surface area contributed by atoms with Crippen molar-refractivity contribution >= 4 is 23.0 Å². The van der Waals surface area contributed by atoms with Gasteiger partial charge >= 0.3 is 0 Å². The average molecular weight is 257 g/mol. The standard InChI is InChI=1S/C14H15N3S/c18-14(17-13-7-4-9-15-11-13)16-10-8-12-5-2-1-3-6-12/h1-7,9,11H,8,10H2,(H2,16,17,18). The van der Waals surface area contributed by atoms with Crippen molar-refractivity contribution in [3.63, 3.8) is 0 Å². The SMILES string of the molecule is S=C(NCCc1ccccc1)Nc1cccnc1. The molecule has 2 aromatic rings. The fraction of sp³-hybridized carbons (Fsp3) is 0.143. The highest BCUT2D eigenvalue weighted by Gasteiger charge is 1.97. The van der Waals surface area contributed by atoms with E-state index in [2.05, 4.69) is 27.8 Å². The zero-order valence-electron chi connectivity index (χ0n) is 9.97. The van der Waals surface area contributed by atoms with Crippen molar-refractivity contribution in [3.05, 3.63) is 60.4 Å². The van der Waals surface area contributed by atoms with Crippen molar-refractivity contribution in [2.75, 3.05) is 11.9 Å². The first-order valence-corrected chi connectivity index (χ1v) is 6.24. The van der Waals surface area contributed by atoms with Gasteiger partial charge in [-0.3, -0.25) is 4.98 Å². The predicted molar refractivity (Wildman–Crippen MR) is 78.6 cm³/mol. The molecule has 3 nitrogen and oxygen atoms in total. The number of pyridine rings is 1. The number of hydrogen-bond donors (Lipinski definition) is 2. The normalized spacial score (nSPS) is 9.78. The molecule has 1 heterocycles. The van der Waals surface area contributed by atoms with Gasteiger partial charge in [-0.15, -0.1) is 0 Å². The van der Waals surface area contributed by atoms with E-state index < -0.39 is 0 Å². The van der Waals surface area contributed by atoms with Gasteiger partial charge in [0.1, 0.15) is 0 Å². The molecular formula is C14H15N3S. The molecule has 18 heavy (non-hydrogen) atoms. The molecule has 0 amide bonds. The largest absolute Gasteiger partial charge is 0.362 e. The summed E-state index contributed by atoms with van der Waals surface area (Å²) in [5.41, 5.74) is 2.20. The van der Waals surface area contributed by atoms with Gasteiger partial charge in [-0.1, -0.05) is 30.3 Å². The highest BCUT2D eigenvalue weighted by molar-refractivity contribution is 7.80. The summed E-state index contributed by atoms with van der Waals surface area (Å²) in [6, 6.07) is 14.1. The van der Waals surface area contributed by atoms with Crippen LogP contribution in [0.5, 0.6) is 0 Å². The molecule has 4 heteroatoms. The van der Waals surface area contributed by atoms with Crippen molar-refractivity contribution in [2.24, 2.45) is 0 Å². The second-order valence-corrected chi connectivity index (χ2v) is 4.27. The Morgan fingerprint density at radius 1 is 1.11 bits per heavy atom. The molecule has 0 saturated heterocycles. The second-order valence-electron chi connectivity index (χ2n) is 3.86. The number of hydrogen-bond acceptors (Lipinski definition) is 2. The van der Waals surface area contributed by atoms with Gasteiger partial charge in [0.25, 0.3) is 0 Å². The van der Waals surface area contributed by atoms with Crippen LogP contribution in [0.2, 0.25) is 0 Å². The Kier molecular flexibility index (Phi) is 4.67. The molecule has 1 aromatic heterocycles. The lowest BCUT2D eigenvalue weighted by Gasteiger charge is -2.09. The van der Waals surface area contributed by atoms with Crippen LogP contribution in [0, 0.1) is 0 Å². The summed E-state index contributed by atoms with van der Waals surface area (Å²) in [6.07, 6.45) is 4.43. The van der Waals surface area contributed by atoms with Gasteiger partial charge in [-0.05, 0) is 36.3 Å². The van der Waals surface area contributed by atoms with E-state index in [0.29, 0.717) is 5.11 Å². The molecule has 0 spiro atoms. The second kappa shape index (κ2) is 6.71.